The molecule has 3 nitrogen and oxygen atoms in total. The number of amides is 1. The predicted octanol–water partition coefficient (Wildman–Crippen LogP) is 3.73. The zero-order valence-corrected chi connectivity index (χ0v) is 13.6. The summed E-state index contributed by atoms with van der Waals surface area (Å²) in [5.74, 6) is 0.370. The molecule has 20 heavy (non-hydrogen) atoms. The van der Waals surface area contributed by atoms with Gasteiger partial charge in [0.05, 0.1) is 0 Å². The van der Waals surface area contributed by atoms with Gasteiger partial charge >= 0.3 is 0 Å². The van der Waals surface area contributed by atoms with Gasteiger partial charge in [-0.3, -0.25) is 4.79 Å². The SMILES string of the molecule is CCCCCCCCCC(=O)N(CC)C1CCCNC1. The summed E-state index contributed by atoms with van der Waals surface area (Å²) < 4.78 is 0. The van der Waals surface area contributed by atoms with Gasteiger partial charge in [-0.25, -0.2) is 0 Å². The van der Waals surface area contributed by atoms with Gasteiger partial charge < -0.3 is 10.2 Å². The molecule has 1 unspecified atom stereocenters. The highest BCUT2D eigenvalue weighted by atomic mass is 16.2. The minimum atomic E-state index is 0.370. The lowest BCUT2D eigenvalue weighted by atomic mass is 10.0. The van der Waals surface area contributed by atoms with Crippen LogP contribution in [0.3, 0.4) is 0 Å². The molecular formula is C17H34N2O. The first kappa shape index (κ1) is 17.5. The number of rotatable bonds is 10. The first-order valence-corrected chi connectivity index (χ1v) is 8.79. The second-order valence-electron chi connectivity index (χ2n) is 6.05. The number of carbonyl (C=O) groups is 1. The standard InChI is InChI=1S/C17H34N2O/c1-3-5-6-7-8-9-10-13-17(20)19(4-2)16-12-11-14-18-15-16/h16,18H,3-15H2,1-2H3. The summed E-state index contributed by atoms with van der Waals surface area (Å²) in [6.45, 7) is 7.31. The molecule has 118 valence electrons. The second kappa shape index (κ2) is 11.1. The number of carbonyl (C=O) groups excluding carboxylic acids is 1. The van der Waals surface area contributed by atoms with Crippen molar-refractivity contribution >= 4 is 5.91 Å². The molecule has 1 atom stereocenters. The normalized spacial score (nSPS) is 19.0. The van der Waals surface area contributed by atoms with Crippen molar-refractivity contribution < 1.29 is 4.79 Å². The predicted molar refractivity (Wildman–Crippen MR) is 85.9 cm³/mol. The Morgan fingerprint density at radius 1 is 1.10 bits per heavy atom. The molecule has 0 spiro atoms. The van der Waals surface area contributed by atoms with Crippen LogP contribution in [0.25, 0.3) is 0 Å². The number of piperidine rings is 1. The summed E-state index contributed by atoms with van der Waals surface area (Å²) in [5, 5.41) is 3.41. The van der Waals surface area contributed by atoms with Gasteiger partial charge in [-0.15, -0.1) is 0 Å². The highest BCUT2D eigenvalue weighted by molar-refractivity contribution is 5.76. The fraction of sp³-hybridized carbons (Fsp3) is 0.941. The molecule has 0 aromatic carbocycles. The van der Waals surface area contributed by atoms with Crippen molar-refractivity contribution in [1.82, 2.24) is 10.2 Å². The quantitative estimate of drug-likeness (QED) is 0.619. The smallest absolute Gasteiger partial charge is 0.222 e. The maximum absolute atomic E-state index is 12.3. The van der Waals surface area contributed by atoms with Crippen LogP contribution < -0.4 is 5.32 Å². The first-order valence-electron chi connectivity index (χ1n) is 8.79. The number of unbranched alkanes of at least 4 members (excludes halogenated alkanes) is 6. The molecule has 1 N–H and O–H groups in total. The molecule has 1 aliphatic rings. The maximum Gasteiger partial charge on any atom is 0.222 e. The van der Waals surface area contributed by atoms with Gasteiger partial charge in [0.25, 0.3) is 0 Å². The molecule has 1 fully saturated rings. The van der Waals surface area contributed by atoms with Crippen molar-refractivity contribution in [3.63, 3.8) is 0 Å². The third kappa shape index (κ3) is 6.74. The molecule has 1 heterocycles. The van der Waals surface area contributed by atoms with E-state index in [0.717, 1.165) is 32.5 Å². The van der Waals surface area contributed by atoms with E-state index in [0.29, 0.717) is 11.9 Å². The fourth-order valence-corrected chi connectivity index (χ4v) is 3.11. The van der Waals surface area contributed by atoms with E-state index in [1.54, 1.807) is 0 Å². The van der Waals surface area contributed by atoms with Crippen molar-refractivity contribution in [3.8, 4) is 0 Å². The van der Waals surface area contributed by atoms with Gasteiger partial charge in [0, 0.05) is 25.6 Å². The summed E-state index contributed by atoms with van der Waals surface area (Å²) in [7, 11) is 0. The highest BCUT2D eigenvalue weighted by Gasteiger charge is 2.23. The molecule has 1 rings (SSSR count). The van der Waals surface area contributed by atoms with Crippen LogP contribution in [0, 0.1) is 0 Å². The van der Waals surface area contributed by atoms with Gasteiger partial charge in [-0.05, 0) is 32.7 Å². The molecule has 1 saturated heterocycles. The number of hydrogen-bond donors (Lipinski definition) is 1. The summed E-state index contributed by atoms with van der Waals surface area (Å²) in [6.07, 6.45) is 12.1. The lowest BCUT2D eigenvalue weighted by Crippen LogP contribution is -2.48. The lowest BCUT2D eigenvalue weighted by Gasteiger charge is -2.34. The molecule has 3 heteroatoms. The molecule has 0 radical (unpaired) electrons. The third-order valence-electron chi connectivity index (χ3n) is 4.37. The van der Waals surface area contributed by atoms with Gasteiger partial charge in [0.15, 0.2) is 0 Å². The maximum atomic E-state index is 12.3. The van der Waals surface area contributed by atoms with E-state index in [1.165, 1.54) is 51.4 Å². The number of nitrogens with zero attached hydrogens (tertiary/aromatic N) is 1. The Bertz CT molecular complexity index is 249. The number of hydrogen-bond acceptors (Lipinski definition) is 2. The molecule has 0 aliphatic carbocycles. The molecule has 0 saturated carbocycles. The van der Waals surface area contributed by atoms with Gasteiger partial charge in [0.1, 0.15) is 0 Å². The number of nitrogens with one attached hydrogen (secondary N) is 1. The zero-order chi connectivity index (χ0) is 14.6. The summed E-state index contributed by atoms with van der Waals surface area (Å²) in [6, 6.07) is 0.436. The Labute approximate surface area is 125 Å². The van der Waals surface area contributed by atoms with Crippen LogP contribution in [0.2, 0.25) is 0 Å². The Morgan fingerprint density at radius 2 is 1.80 bits per heavy atom. The van der Waals surface area contributed by atoms with Gasteiger partial charge in [0.2, 0.25) is 5.91 Å². The average Bonchev–Trinajstić information content (AvgIpc) is 2.48. The Hall–Kier alpha value is -0.570. The fourth-order valence-electron chi connectivity index (χ4n) is 3.11. The summed E-state index contributed by atoms with van der Waals surface area (Å²) in [5.41, 5.74) is 0. The highest BCUT2D eigenvalue weighted by Crippen LogP contribution is 2.14. The van der Waals surface area contributed by atoms with Crippen molar-refractivity contribution in [2.45, 2.75) is 84.1 Å². The Kier molecular flexibility index (Phi) is 9.73. The van der Waals surface area contributed by atoms with Crippen LogP contribution in [0.1, 0.15) is 78.1 Å². The first-order chi connectivity index (χ1) is 9.79. The zero-order valence-electron chi connectivity index (χ0n) is 13.6. The van der Waals surface area contributed by atoms with Gasteiger partial charge in [-0.1, -0.05) is 45.4 Å². The summed E-state index contributed by atoms with van der Waals surface area (Å²) in [4.78, 5) is 14.4. The van der Waals surface area contributed by atoms with Crippen LogP contribution in [-0.4, -0.2) is 36.5 Å². The second-order valence-corrected chi connectivity index (χ2v) is 6.05. The summed E-state index contributed by atoms with van der Waals surface area (Å²) >= 11 is 0. The van der Waals surface area contributed by atoms with Crippen molar-refractivity contribution in [2.75, 3.05) is 19.6 Å². The van der Waals surface area contributed by atoms with Crippen LogP contribution >= 0.6 is 0 Å². The van der Waals surface area contributed by atoms with Crippen molar-refractivity contribution in [3.05, 3.63) is 0 Å². The van der Waals surface area contributed by atoms with Crippen molar-refractivity contribution in [1.29, 1.82) is 0 Å². The monoisotopic (exact) mass is 282 g/mol. The van der Waals surface area contributed by atoms with E-state index in [4.69, 9.17) is 0 Å². The lowest BCUT2D eigenvalue weighted by molar-refractivity contribution is -0.133. The molecule has 0 aromatic rings. The van der Waals surface area contributed by atoms with E-state index < -0.39 is 0 Å². The van der Waals surface area contributed by atoms with E-state index >= 15 is 0 Å². The van der Waals surface area contributed by atoms with Crippen LogP contribution in [0.4, 0.5) is 0 Å². The molecule has 1 aliphatic heterocycles. The molecular weight excluding hydrogens is 248 g/mol. The van der Waals surface area contributed by atoms with Gasteiger partial charge in [-0.2, -0.15) is 0 Å². The van der Waals surface area contributed by atoms with E-state index in [-0.39, 0.29) is 0 Å². The molecule has 0 bridgehead atoms. The van der Waals surface area contributed by atoms with Crippen LogP contribution in [0.5, 0.6) is 0 Å². The largest absolute Gasteiger partial charge is 0.339 e. The molecule has 1 amide bonds. The topological polar surface area (TPSA) is 32.3 Å². The Morgan fingerprint density at radius 3 is 2.40 bits per heavy atom. The minimum Gasteiger partial charge on any atom is -0.339 e. The van der Waals surface area contributed by atoms with E-state index in [2.05, 4.69) is 24.1 Å². The van der Waals surface area contributed by atoms with Crippen molar-refractivity contribution in [2.24, 2.45) is 0 Å². The van der Waals surface area contributed by atoms with Crippen LogP contribution in [-0.2, 0) is 4.79 Å². The average molecular weight is 282 g/mol. The Balaban J connectivity index is 2.12. The van der Waals surface area contributed by atoms with Crippen LogP contribution in [0.15, 0.2) is 0 Å². The third-order valence-corrected chi connectivity index (χ3v) is 4.37. The minimum absolute atomic E-state index is 0.370. The van der Waals surface area contributed by atoms with E-state index in [1.807, 2.05) is 0 Å². The van der Waals surface area contributed by atoms with E-state index in [9.17, 15) is 4.79 Å². The molecule has 0 aromatic heterocycles. The number of likely N-dealkylation sites (N-methyl/N-ethyl adjacent to an activating group) is 1.